The molecule has 12 heteroatoms. The number of carbonyl (C=O) groups is 1. The maximum absolute atomic E-state index is 13.2. The topological polar surface area (TPSA) is 79.4 Å². The van der Waals surface area contributed by atoms with Gasteiger partial charge in [-0.1, -0.05) is 0 Å². The van der Waals surface area contributed by atoms with Gasteiger partial charge in [-0.15, -0.1) is 0 Å². The van der Waals surface area contributed by atoms with Crippen LogP contribution in [0.5, 0.6) is 17.2 Å². The van der Waals surface area contributed by atoms with Crippen LogP contribution in [0.15, 0.2) is 36.5 Å². The lowest BCUT2D eigenvalue weighted by Gasteiger charge is -2.41. The quantitative estimate of drug-likeness (QED) is 0.514. The van der Waals surface area contributed by atoms with Crippen molar-refractivity contribution in [2.24, 2.45) is 0 Å². The lowest BCUT2D eigenvalue weighted by molar-refractivity contribution is -0.148. The lowest BCUT2D eigenvalue weighted by Crippen LogP contribution is -2.53. The maximum Gasteiger partial charge on any atom is 0.340 e. The van der Waals surface area contributed by atoms with E-state index in [4.69, 9.17) is 23.7 Å². The molecule has 0 aliphatic carbocycles. The highest BCUT2D eigenvalue weighted by atomic mass is 19.3. The second-order valence-electron chi connectivity index (χ2n) is 8.11. The molecular weight excluding hydrogens is 476 g/mol. The highest BCUT2D eigenvalue weighted by Crippen LogP contribution is 2.43. The summed E-state index contributed by atoms with van der Waals surface area (Å²) in [6.07, 6.45) is -2.30. The monoisotopic (exact) mass is 500 g/mol. The van der Waals surface area contributed by atoms with Gasteiger partial charge in [-0.2, -0.15) is 8.78 Å². The minimum Gasteiger partial charge on any atom is -0.497 e. The van der Waals surface area contributed by atoms with Gasteiger partial charge in [0.05, 0.1) is 26.5 Å². The van der Waals surface area contributed by atoms with Crippen LogP contribution in [0.3, 0.4) is 0 Å². The zero-order chi connectivity index (χ0) is 25.2. The van der Waals surface area contributed by atoms with Crippen LogP contribution in [-0.2, 0) is 15.1 Å². The third kappa shape index (κ3) is 4.85. The fourth-order valence-electron chi connectivity index (χ4n) is 4.14. The van der Waals surface area contributed by atoms with E-state index in [-0.39, 0.29) is 36.3 Å². The minimum atomic E-state index is -4.32. The average Bonchev–Trinajstić information content (AvgIpc) is 3.31. The summed E-state index contributed by atoms with van der Waals surface area (Å²) in [6, 6.07) is 7.41. The highest BCUT2D eigenvalue weighted by molar-refractivity contribution is 5.95. The number of nitrogens with zero attached hydrogens (tertiary/aromatic N) is 2. The Bertz CT molecular complexity index is 1070. The molecular formula is C23H24F4N2O6. The van der Waals surface area contributed by atoms with E-state index in [2.05, 4.69) is 4.98 Å². The van der Waals surface area contributed by atoms with Crippen molar-refractivity contribution in [2.45, 2.75) is 30.5 Å². The van der Waals surface area contributed by atoms with Crippen LogP contribution in [-0.4, -0.2) is 75.0 Å². The number of carbonyl (C=O) groups excluding carboxylic acids is 1. The lowest BCUT2D eigenvalue weighted by atomic mass is 9.84. The van der Waals surface area contributed by atoms with Crippen LogP contribution in [0.4, 0.5) is 17.6 Å². The Balaban J connectivity index is 1.49. The summed E-state index contributed by atoms with van der Waals surface area (Å²) in [7, 11) is 2.80. The van der Waals surface area contributed by atoms with Crippen LogP contribution in [0.1, 0.15) is 22.5 Å². The van der Waals surface area contributed by atoms with E-state index < -0.39 is 30.7 Å². The van der Waals surface area contributed by atoms with Crippen LogP contribution >= 0.6 is 0 Å². The first kappa shape index (κ1) is 25.0. The van der Waals surface area contributed by atoms with Gasteiger partial charge < -0.3 is 28.6 Å². The molecule has 3 heterocycles. The van der Waals surface area contributed by atoms with Crippen molar-refractivity contribution in [3.8, 4) is 17.2 Å². The summed E-state index contributed by atoms with van der Waals surface area (Å²) < 4.78 is 78.2. The molecule has 2 saturated heterocycles. The number of methoxy groups -OCH3 is 2. The number of likely N-dealkylation sites (tertiary alicyclic amines) is 1. The van der Waals surface area contributed by atoms with Crippen LogP contribution < -0.4 is 14.2 Å². The Morgan fingerprint density at radius 2 is 2.03 bits per heavy atom. The van der Waals surface area contributed by atoms with Crippen molar-refractivity contribution >= 4 is 5.91 Å². The third-order valence-corrected chi connectivity index (χ3v) is 6.08. The Morgan fingerprint density at radius 3 is 2.74 bits per heavy atom. The number of pyridine rings is 1. The molecule has 2 aliphatic rings. The summed E-state index contributed by atoms with van der Waals surface area (Å²) in [5.74, 6) is -4.26. The first-order chi connectivity index (χ1) is 16.7. The van der Waals surface area contributed by atoms with Gasteiger partial charge in [0, 0.05) is 30.8 Å². The Morgan fingerprint density at radius 1 is 1.23 bits per heavy atom. The number of rotatable bonds is 8. The zero-order valence-corrected chi connectivity index (χ0v) is 19.0. The molecule has 2 atom stereocenters. The normalized spacial score (nSPS) is 22.1. The van der Waals surface area contributed by atoms with Gasteiger partial charge in [-0.05, 0) is 24.3 Å². The van der Waals surface area contributed by atoms with Gasteiger partial charge >= 0.3 is 12.3 Å². The van der Waals surface area contributed by atoms with E-state index in [9.17, 15) is 22.4 Å². The number of halogens is 4. The third-order valence-electron chi connectivity index (χ3n) is 6.08. The number of fused-ring (bicyclic) bond motifs is 1. The summed E-state index contributed by atoms with van der Waals surface area (Å²) in [6.45, 7) is -0.924. The Labute approximate surface area is 198 Å². The molecule has 4 rings (SSSR count). The van der Waals surface area contributed by atoms with E-state index in [1.165, 1.54) is 25.3 Å². The smallest absolute Gasteiger partial charge is 0.340 e. The molecule has 1 aromatic carbocycles. The molecule has 2 aliphatic heterocycles. The van der Waals surface area contributed by atoms with Crippen LogP contribution in [0.2, 0.25) is 0 Å². The van der Waals surface area contributed by atoms with Gasteiger partial charge in [0.1, 0.15) is 24.2 Å². The zero-order valence-electron chi connectivity index (χ0n) is 19.0. The minimum absolute atomic E-state index is 0.0340. The number of ether oxygens (including phenoxy) is 5. The standard InChI is InChI=1S/C23H24F4N2O6/c1-31-15-5-7-28-18(10-15)22-6-8-29(11-19(22)34-13-35-22)20(30)14-3-4-16(17(9-14)32-2)33-12-23(26,27)21(24)25/h3-5,7,9-10,19,21H,6,8,11-13H2,1-2H3/t19-,22-/m1/s1. The van der Waals surface area contributed by atoms with Gasteiger partial charge in [0.15, 0.2) is 18.1 Å². The Kier molecular flexibility index (Phi) is 7.04. The summed E-state index contributed by atoms with van der Waals surface area (Å²) >= 11 is 0. The molecule has 35 heavy (non-hydrogen) atoms. The average molecular weight is 500 g/mol. The highest BCUT2D eigenvalue weighted by Gasteiger charge is 2.52. The number of hydrogen-bond donors (Lipinski definition) is 0. The van der Waals surface area contributed by atoms with Crippen LogP contribution in [0, 0.1) is 0 Å². The SMILES string of the molecule is COc1ccnc([C@]23CCN(C(=O)c4ccc(OCC(F)(F)C(F)F)c(OC)c4)C[C@H]2OCO3)c1. The van der Waals surface area contributed by atoms with Crippen molar-refractivity contribution < 1.29 is 46.0 Å². The second-order valence-corrected chi connectivity index (χ2v) is 8.11. The summed E-state index contributed by atoms with van der Waals surface area (Å²) in [4.78, 5) is 19.2. The van der Waals surface area contributed by atoms with E-state index in [1.807, 2.05) is 0 Å². The predicted molar refractivity (Wildman–Crippen MR) is 113 cm³/mol. The van der Waals surface area contributed by atoms with Crippen molar-refractivity contribution in [1.29, 1.82) is 0 Å². The first-order valence-electron chi connectivity index (χ1n) is 10.7. The molecule has 0 radical (unpaired) electrons. The van der Waals surface area contributed by atoms with E-state index in [0.29, 0.717) is 24.4 Å². The van der Waals surface area contributed by atoms with Gasteiger partial charge in [0.25, 0.3) is 5.91 Å². The molecule has 8 nitrogen and oxygen atoms in total. The molecule has 0 spiro atoms. The Hall–Kier alpha value is -3.12. The van der Waals surface area contributed by atoms with Gasteiger partial charge in [-0.3, -0.25) is 9.78 Å². The van der Waals surface area contributed by atoms with Crippen LogP contribution in [0.25, 0.3) is 0 Å². The molecule has 1 amide bonds. The van der Waals surface area contributed by atoms with E-state index in [1.54, 1.807) is 30.3 Å². The maximum atomic E-state index is 13.2. The van der Waals surface area contributed by atoms with Crippen molar-refractivity contribution in [3.63, 3.8) is 0 Å². The first-order valence-corrected chi connectivity index (χ1v) is 10.7. The molecule has 190 valence electrons. The summed E-state index contributed by atoms with van der Waals surface area (Å²) in [5, 5.41) is 0. The van der Waals surface area contributed by atoms with Crippen molar-refractivity contribution in [3.05, 3.63) is 47.8 Å². The van der Waals surface area contributed by atoms with Crippen molar-refractivity contribution in [1.82, 2.24) is 9.88 Å². The van der Waals surface area contributed by atoms with Gasteiger partial charge in [-0.25, -0.2) is 8.78 Å². The number of amides is 1. The van der Waals surface area contributed by atoms with E-state index >= 15 is 0 Å². The number of benzene rings is 1. The molecule has 0 saturated carbocycles. The molecule has 0 bridgehead atoms. The molecule has 0 N–H and O–H groups in total. The number of aromatic nitrogens is 1. The molecule has 0 unspecified atom stereocenters. The van der Waals surface area contributed by atoms with Gasteiger partial charge in [0.2, 0.25) is 0 Å². The number of piperidine rings is 1. The molecule has 2 aromatic rings. The largest absolute Gasteiger partial charge is 0.497 e. The summed E-state index contributed by atoms with van der Waals surface area (Å²) in [5.41, 5.74) is 0.0346. The molecule has 2 fully saturated rings. The van der Waals surface area contributed by atoms with Crippen molar-refractivity contribution in [2.75, 3.05) is 40.7 Å². The fraction of sp³-hybridized carbons (Fsp3) is 0.478. The predicted octanol–water partition coefficient (Wildman–Crippen LogP) is 3.49. The number of alkyl halides is 4. The molecule has 1 aromatic heterocycles. The number of hydrogen-bond acceptors (Lipinski definition) is 7. The second kappa shape index (κ2) is 9.86. The fourth-order valence-corrected chi connectivity index (χ4v) is 4.14. The van der Waals surface area contributed by atoms with E-state index in [0.717, 1.165) is 0 Å².